The van der Waals surface area contributed by atoms with Gasteiger partial charge in [0, 0.05) is 23.2 Å². The highest BCUT2D eigenvalue weighted by Gasteiger charge is 2.27. The van der Waals surface area contributed by atoms with Crippen LogP contribution in [0.25, 0.3) is 0 Å². The highest BCUT2D eigenvalue weighted by Crippen LogP contribution is 2.05. The monoisotopic (exact) mass is 242 g/mol. The highest BCUT2D eigenvalue weighted by molar-refractivity contribution is 6.62. The third-order valence-corrected chi connectivity index (χ3v) is 1.22. The highest BCUT2D eigenvalue weighted by atomic mass is 35.5. The first-order valence-electron chi connectivity index (χ1n) is 3.17. The fraction of sp³-hybridized carbons (Fsp3) is 0.333. The van der Waals surface area contributed by atoms with Gasteiger partial charge in [-0.05, 0) is 6.92 Å². The van der Waals surface area contributed by atoms with Crippen LogP contribution in [0.2, 0.25) is 0 Å². The molecule has 0 bridgehead atoms. The van der Waals surface area contributed by atoms with Crippen molar-refractivity contribution in [3.63, 3.8) is 0 Å². The van der Waals surface area contributed by atoms with E-state index >= 15 is 0 Å². The van der Waals surface area contributed by atoms with Crippen molar-refractivity contribution in [3.05, 3.63) is 0 Å². The van der Waals surface area contributed by atoms with E-state index in [0.717, 1.165) is 6.92 Å². The zero-order valence-electron chi connectivity index (χ0n) is 6.78. The summed E-state index contributed by atoms with van der Waals surface area (Å²) < 4.78 is 7.69. The Kier molecular flexibility index (Phi) is 5.11. The minimum Gasteiger partial charge on any atom is -0.380 e. The lowest BCUT2D eigenvalue weighted by Crippen LogP contribution is -2.26. The molecule has 0 aliphatic carbocycles. The van der Waals surface area contributed by atoms with Crippen LogP contribution < -0.4 is 0 Å². The third-order valence-electron chi connectivity index (χ3n) is 1.07. The molecule has 0 amide bonds. The first-order valence-corrected chi connectivity index (χ1v) is 3.92. The first kappa shape index (κ1) is 12.9. The number of hydrogen-bond acceptors (Lipinski definition) is 6. The average Bonchev–Trinajstić information content (AvgIpc) is 2.00. The molecule has 14 heavy (non-hydrogen) atoms. The van der Waals surface area contributed by atoms with Crippen molar-refractivity contribution in [2.45, 2.75) is 6.92 Å². The van der Waals surface area contributed by atoms with Crippen molar-refractivity contribution in [2.75, 3.05) is 0 Å². The maximum absolute atomic E-state index is 10.8. The Morgan fingerprint density at radius 3 is 1.43 bits per heavy atom. The average molecular weight is 243 g/mol. The molecule has 8 heteroatoms. The number of carbonyl (C=O) groups excluding carboxylic acids is 4. The number of esters is 2. The Morgan fingerprint density at radius 1 is 0.929 bits per heavy atom. The molecule has 0 atom stereocenters. The van der Waals surface area contributed by atoms with E-state index < -0.39 is 28.7 Å². The summed E-state index contributed by atoms with van der Waals surface area (Å²) in [6, 6.07) is 0. The lowest BCUT2D eigenvalue weighted by Gasteiger charge is -2.05. The summed E-state index contributed by atoms with van der Waals surface area (Å²) in [6.07, 6.45) is 0. The number of hydrogen-bond donors (Lipinski definition) is 0. The van der Waals surface area contributed by atoms with Crippen molar-refractivity contribution < 1.29 is 28.7 Å². The number of carbonyl (C=O) groups is 4. The van der Waals surface area contributed by atoms with Gasteiger partial charge < -0.3 is 9.47 Å². The predicted molar refractivity (Wildman–Crippen MR) is 43.8 cm³/mol. The summed E-state index contributed by atoms with van der Waals surface area (Å²) in [5.41, 5.74) is -2.77. The molecule has 0 N–H and O–H groups in total. The molecule has 0 aromatic rings. The van der Waals surface area contributed by atoms with Gasteiger partial charge in [-0.15, -0.1) is 0 Å². The SMILES string of the molecule is CC(C(=O)OC(=O)Cl)C(=O)OC(=O)Cl. The Labute approximate surface area is 88.0 Å². The maximum atomic E-state index is 10.8. The van der Waals surface area contributed by atoms with Crippen LogP contribution >= 0.6 is 23.2 Å². The summed E-state index contributed by atoms with van der Waals surface area (Å²) >= 11 is 9.40. The Morgan fingerprint density at radius 2 is 1.21 bits per heavy atom. The molecule has 0 spiro atoms. The fourth-order valence-electron chi connectivity index (χ4n) is 0.431. The quantitative estimate of drug-likeness (QED) is 0.414. The summed E-state index contributed by atoms with van der Waals surface area (Å²) in [5.74, 6) is -3.92. The van der Waals surface area contributed by atoms with Crippen molar-refractivity contribution in [1.29, 1.82) is 0 Å². The lowest BCUT2D eigenvalue weighted by molar-refractivity contribution is -0.152. The molecule has 0 aliphatic rings. The first-order chi connectivity index (χ1) is 6.34. The van der Waals surface area contributed by atoms with E-state index in [1.807, 2.05) is 0 Å². The fourth-order valence-corrected chi connectivity index (χ4v) is 0.583. The van der Waals surface area contributed by atoms with Gasteiger partial charge in [0.05, 0.1) is 0 Å². The second-order valence-corrected chi connectivity index (χ2v) is 2.66. The number of rotatable bonds is 2. The minimum absolute atomic E-state index is 1.06. The topological polar surface area (TPSA) is 86.7 Å². The van der Waals surface area contributed by atoms with Gasteiger partial charge in [0.15, 0.2) is 5.92 Å². The molecule has 78 valence electrons. The van der Waals surface area contributed by atoms with Gasteiger partial charge in [-0.1, -0.05) is 0 Å². The van der Waals surface area contributed by atoms with Gasteiger partial charge in [-0.3, -0.25) is 9.59 Å². The van der Waals surface area contributed by atoms with E-state index in [1.165, 1.54) is 0 Å². The smallest absolute Gasteiger partial charge is 0.380 e. The molecule has 0 saturated heterocycles. The second-order valence-electron chi connectivity index (χ2n) is 2.04. The molecule has 0 heterocycles. The maximum Gasteiger partial charge on any atom is 0.411 e. The van der Waals surface area contributed by atoms with Gasteiger partial charge >= 0.3 is 22.8 Å². The van der Waals surface area contributed by atoms with Crippen LogP contribution in [-0.2, 0) is 19.1 Å². The van der Waals surface area contributed by atoms with Crippen LogP contribution in [0.15, 0.2) is 0 Å². The van der Waals surface area contributed by atoms with Crippen LogP contribution in [0.5, 0.6) is 0 Å². The number of ether oxygens (including phenoxy) is 2. The molecule has 0 saturated carbocycles. The van der Waals surface area contributed by atoms with E-state index in [9.17, 15) is 19.2 Å². The second kappa shape index (κ2) is 5.56. The van der Waals surface area contributed by atoms with Gasteiger partial charge in [0.1, 0.15) is 0 Å². The van der Waals surface area contributed by atoms with E-state index in [4.69, 9.17) is 23.2 Å². The zero-order chi connectivity index (χ0) is 11.3. The van der Waals surface area contributed by atoms with Crippen molar-refractivity contribution >= 4 is 46.0 Å². The molecule has 0 fully saturated rings. The molecule has 6 nitrogen and oxygen atoms in total. The molecule has 0 unspecified atom stereocenters. The predicted octanol–water partition coefficient (Wildman–Crippen LogP) is 1.43. The van der Waals surface area contributed by atoms with Crippen LogP contribution in [0.4, 0.5) is 9.59 Å². The molecule has 0 aromatic carbocycles. The largest absolute Gasteiger partial charge is 0.411 e. The van der Waals surface area contributed by atoms with Gasteiger partial charge in [-0.2, -0.15) is 0 Å². The summed E-state index contributed by atoms with van der Waals surface area (Å²) in [5, 5.41) is 0. The van der Waals surface area contributed by atoms with Crippen LogP contribution in [0.3, 0.4) is 0 Å². The molecule has 0 rings (SSSR count). The van der Waals surface area contributed by atoms with Gasteiger partial charge in [0.25, 0.3) is 0 Å². The molecular weight excluding hydrogens is 239 g/mol. The minimum atomic E-state index is -1.46. The van der Waals surface area contributed by atoms with E-state index in [1.54, 1.807) is 0 Å². The number of halogens is 2. The Bertz CT molecular complexity index is 258. The zero-order valence-corrected chi connectivity index (χ0v) is 8.29. The molecule has 0 radical (unpaired) electrons. The van der Waals surface area contributed by atoms with E-state index in [-0.39, 0.29) is 0 Å². The summed E-state index contributed by atoms with van der Waals surface area (Å²) in [6.45, 7) is 1.06. The Balaban J connectivity index is 4.24. The van der Waals surface area contributed by atoms with Gasteiger partial charge in [-0.25, -0.2) is 9.59 Å². The van der Waals surface area contributed by atoms with Crippen LogP contribution in [0.1, 0.15) is 6.92 Å². The summed E-state index contributed by atoms with van der Waals surface area (Å²) in [7, 11) is 0. The standard InChI is InChI=1S/C6H4Cl2O6/c1-2(3(9)13-5(7)11)4(10)14-6(8)12/h2H,1H3. The van der Waals surface area contributed by atoms with Crippen molar-refractivity contribution in [2.24, 2.45) is 5.92 Å². The van der Waals surface area contributed by atoms with E-state index in [0.29, 0.717) is 0 Å². The molecule has 0 aliphatic heterocycles. The molecular formula is C6H4Cl2O6. The Hall–Kier alpha value is -1.14. The normalized spacial score (nSPS) is 9.43. The van der Waals surface area contributed by atoms with E-state index in [2.05, 4.69) is 9.47 Å². The third kappa shape index (κ3) is 4.78. The van der Waals surface area contributed by atoms with Crippen molar-refractivity contribution in [3.8, 4) is 0 Å². The van der Waals surface area contributed by atoms with Crippen molar-refractivity contribution in [1.82, 2.24) is 0 Å². The molecule has 0 aromatic heterocycles. The van der Waals surface area contributed by atoms with Crippen LogP contribution in [0, 0.1) is 5.92 Å². The van der Waals surface area contributed by atoms with Crippen LogP contribution in [-0.4, -0.2) is 22.8 Å². The lowest BCUT2D eigenvalue weighted by atomic mass is 10.2. The summed E-state index contributed by atoms with van der Waals surface area (Å²) in [4.78, 5) is 41.7. The van der Waals surface area contributed by atoms with Gasteiger partial charge in [0.2, 0.25) is 0 Å².